The van der Waals surface area contributed by atoms with Gasteiger partial charge in [0.2, 0.25) is 5.91 Å². The maximum absolute atomic E-state index is 12.0. The van der Waals surface area contributed by atoms with Crippen molar-refractivity contribution in [3.05, 3.63) is 34.9 Å². The van der Waals surface area contributed by atoms with E-state index in [4.69, 9.17) is 11.6 Å². The molecular formula is C16H19ClN2OS. The maximum Gasteiger partial charge on any atom is 0.231 e. The summed E-state index contributed by atoms with van der Waals surface area (Å²) in [6.45, 7) is 0. The van der Waals surface area contributed by atoms with Crippen LogP contribution in [-0.2, 0) is 10.5 Å². The van der Waals surface area contributed by atoms with E-state index in [9.17, 15) is 10.1 Å². The molecule has 0 atom stereocenters. The first-order chi connectivity index (χ1) is 10.1. The molecule has 5 heteroatoms. The minimum Gasteiger partial charge on any atom is -0.337 e. The fourth-order valence-electron chi connectivity index (χ4n) is 2.57. The quantitative estimate of drug-likeness (QED) is 0.894. The first kappa shape index (κ1) is 16.2. The van der Waals surface area contributed by atoms with Crippen LogP contribution >= 0.6 is 23.4 Å². The summed E-state index contributed by atoms with van der Waals surface area (Å²) in [5.41, 5.74) is 0.515. The van der Waals surface area contributed by atoms with Crippen LogP contribution in [0.3, 0.4) is 0 Å². The second kappa shape index (κ2) is 7.72. The van der Waals surface area contributed by atoms with Crippen molar-refractivity contribution < 1.29 is 4.79 Å². The average Bonchev–Trinajstić information content (AvgIpc) is 2.50. The summed E-state index contributed by atoms with van der Waals surface area (Å²) in [7, 11) is 0. The Morgan fingerprint density at radius 3 is 2.57 bits per heavy atom. The molecule has 1 aromatic carbocycles. The lowest BCUT2D eigenvalue weighted by atomic mass is 9.83. The van der Waals surface area contributed by atoms with Crippen molar-refractivity contribution >= 4 is 29.3 Å². The molecule has 2 rings (SSSR count). The van der Waals surface area contributed by atoms with Crippen LogP contribution in [0.25, 0.3) is 0 Å². The van der Waals surface area contributed by atoms with E-state index < -0.39 is 5.54 Å². The minimum atomic E-state index is -0.629. The second-order valence-electron chi connectivity index (χ2n) is 5.42. The van der Waals surface area contributed by atoms with Crippen molar-refractivity contribution in [2.45, 2.75) is 43.4 Å². The molecule has 1 aliphatic rings. The molecule has 0 unspecified atom stereocenters. The molecule has 0 radical (unpaired) electrons. The van der Waals surface area contributed by atoms with Crippen molar-refractivity contribution in [2.75, 3.05) is 5.75 Å². The topological polar surface area (TPSA) is 52.9 Å². The number of nitrogens with one attached hydrogen (secondary N) is 1. The van der Waals surface area contributed by atoms with Crippen LogP contribution < -0.4 is 5.32 Å². The lowest BCUT2D eigenvalue weighted by Gasteiger charge is -2.31. The number of benzene rings is 1. The van der Waals surface area contributed by atoms with E-state index in [2.05, 4.69) is 11.4 Å². The van der Waals surface area contributed by atoms with E-state index in [1.807, 2.05) is 24.3 Å². The number of thioether (sulfide) groups is 1. The zero-order valence-electron chi connectivity index (χ0n) is 11.9. The van der Waals surface area contributed by atoms with Gasteiger partial charge in [0, 0.05) is 10.8 Å². The van der Waals surface area contributed by atoms with Crippen LogP contribution in [0.4, 0.5) is 0 Å². The van der Waals surface area contributed by atoms with E-state index in [-0.39, 0.29) is 5.91 Å². The number of hydrogen-bond acceptors (Lipinski definition) is 3. The van der Waals surface area contributed by atoms with Gasteiger partial charge in [-0.1, -0.05) is 43.0 Å². The molecule has 0 aliphatic heterocycles. The van der Waals surface area contributed by atoms with Gasteiger partial charge in [-0.15, -0.1) is 11.8 Å². The fourth-order valence-corrected chi connectivity index (χ4v) is 3.48. The molecule has 1 fully saturated rings. The number of nitriles is 1. The third-order valence-electron chi connectivity index (χ3n) is 3.71. The third-order valence-corrected chi connectivity index (χ3v) is 4.97. The highest BCUT2D eigenvalue weighted by Crippen LogP contribution is 2.27. The van der Waals surface area contributed by atoms with Crippen molar-refractivity contribution in [2.24, 2.45) is 0 Å². The van der Waals surface area contributed by atoms with Gasteiger partial charge in [-0.05, 0) is 30.5 Å². The van der Waals surface area contributed by atoms with Gasteiger partial charge in [0.1, 0.15) is 5.54 Å². The van der Waals surface area contributed by atoms with Gasteiger partial charge in [-0.2, -0.15) is 5.26 Å². The SMILES string of the molecule is N#CC1(NC(=O)CSCc2ccc(Cl)cc2)CCCCC1. The van der Waals surface area contributed by atoms with Gasteiger partial charge in [-0.25, -0.2) is 0 Å². The third kappa shape index (κ3) is 4.94. The maximum atomic E-state index is 12.0. The molecular weight excluding hydrogens is 304 g/mol. The van der Waals surface area contributed by atoms with Crippen LogP contribution in [0.5, 0.6) is 0 Å². The van der Waals surface area contributed by atoms with Crippen LogP contribution in [0.15, 0.2) is 24.3 Å². The molecule has 3 nitrogen and oxygen atoms in total. The van der Waals surface area contributed by atoms with Gasteiger partial charge < -0.3 is 5.32 Å². The monoisotopic (exact) mass is 322 g/mol. The Kier molecular flexibility index (Phi) is 5.96. The molecule has 0 saturated heterocycles. The number of carbonyl (C=O) groups excluding carboxylic acids is 1. The molecule has 0 heterocycles. The molecule has 112 valence electrons. The van der Waals surface area contributed by atoms with Crippen LogP contribution in [0, 0.1) is 11.3 Å². The van der Waals surface area contributed by atoms with E-state index in [1.54, 1.807) is 11.8 Å². The number of carbonyl (C=O) groups is 1. The lowest BCUT2D eigenvalue weighted by molar-refractivity contribution is -0.120. The number of rotatable bonds is 5. The largest absolute Gasteiger partial charge is 0.337 e. The summed E-state index contributed by atoms with van der Waals surface area (Å²) >= 11 is 7.39. The summed E-state index contributed by atoms with van der Waals surface area (Å²) in [4.78, 5) is 12.0. The zero-order valence-corrected chi connectivity index (χ0v) is 13.5. The normalized spacial score (nSPS) is 17.0. The number of halogens is 1. The zero-order chi connectivity index (χ0) is 15.1. The van der Waals surface area contributed by atoms with Crippen LogP contribution in [-0.4, -0.2) is 17.2 Å². The first-order valence-corrected chi connectivity index (χ1v) is 8.71. The molecule has 0 aromatic heterocycles. The Morgan fingerprint density at radius 2 is 1.95 bits per heavy atom. The Balaban J connectivity index is 1.76. The smallest absolute Gasteiger partial charge is 0.231 e. The van der Waals surface area contributed by atoms with Gasteiger partial charge >= 0.3 is 0 Å². The Bertz CT molecular complexity index is 518. The van der Waals surface area contributed by atoms with E-state index in [1.165, 1.54) is 0 Å². The van der Waals surface area contributed by atoms with Crippen molar-refractivity contribution in [1.29, 1.82) is 5.26 Å². The highest BCUT2D eigenvalue weighted by Gasteiger charge is 2.33. The van der Waals surface area contributed by atoms with Crippen LogP contribution in [0.2, 0.25) is 5.02 Å². The summed E-state index contributed by atoms with van der Waals surface area (Å²) in [5.74, 6) is 1.10. The molecule has 1 aromatic rings. The average molecular weight is 323 g/mol. The second-order valence-corrected chi connectivity index (χ2v) is 6.84. The Morgan fingerprint density at radius 1 is 1.29 bits per heavy atom. The van der Waals surface area contributed by atoms with Crippen molar-refractivity contribution in [3.8, 4) is 6.07 Å². The number of amides is 1. The van der Waals surface area contributed by atoms with Crippen molar-refractivity contribution in [3.63, 3.8) is 0 Å². The number of nitrogens with zero attached hydrogens (tertiary/aromatic N) is 1. The molecule has 1 amide bonds. The van der Waals surface area contributed by atoms with Gasteiger partial charge in [0.25, 0.3) is 0 Å². The van der Waals surface area contributed by atoms with E-state index >= 15 is 0 Å². The highest BCUT2D eigenvalue weighted by atomic mass is 35.5. The van der Waals surface area contributed by atoms with Crippen LogP contribution in [0.1, 0.15) is 37.7 Å². The predicted molar refractivity (Wildman–Crippen MR) is 87.2 cm³/mol. The standard InChI is InChI=1S/C16H19ClN2OS/c17-14-6-4-13(5-7-14)10-21-11-15(20)19-16(12-18)8-2-1-3-9-16/h4-7H,1-3,8-11H2,(H,19,20). The molecule has 1 N–H and O–H groups in total. The molecule has 21 heavy (non-hydrogen) atoms. The lowest BCUT2D eigenvalue weighted by Crippen LogP contribution is -2.49. The first-order valence-electron chi connectivity index (χ1n) is 7.18. The summed E-state index contributed by atoms with van der Waals surface area (Å²) in [6, 6.07) is 9.94. The summed E-state index contributed by atoms with van der Waals surface area (Å²) in [6.07, 6.45) is 4.75. The van der Waals surface area contributed by atoms with Gasteiger partial charge in [0.15, 0.2) is 0 Å². The Hall–Kier alpha value is -1.18. The highest BCUT2D eigenvalue weighted by molar-refractivity contribution is 7.99. The molecule has 0 spiro atoms. The molecule has 0 bridgehead atoms. The Labute approximate surface area is 135 Å². The summed E-state index contributed by atoms with van der Waals surface area (Å²) < 4.78 is 0. The summed E-state index contributed by atoms with van der Waals surface area (Å²) in [5, 5.41) is 13.0. The van der Waals surface area contributed by atoms with Gasteiger partial charge in [0.05, 0.1) is 11.8 Å². The minimum absolute atomic E-state index is 0.0441. The number of hydrogen-bond donors (Lipinski definition) is 1. The molecule has 1 aliphatic carbocycles. The van der Waals surface area contributed by atoms with E-state index in [0.717, 1.165) is 48.4 Å². The fraction of sp³-hybridized carbons (Fsp3) is 0.500. The van der Waals surface area contributed by atoms with Gasteiger partial charge in [-0.3, -0.25) is 4.79 Å². The molecule has 1 saturated carbocycles. The van der Waals surface area contributed by atoms with Crippen molar-refractivity contribution in [1.82, 2.24) is 5.32 Å². The van der Waals surface area contributed by atoms with E-state index in [0.29, 0.717) is 5.75 Å². The predicted octanol–water partition coefficient (Wildman–Crippen LogP) is 3.92.